The molecule has 29 heavy (non-hydrogen) atoms. The maximum absolute atomic E-state index is 12.1. The summed E-state index contributed by atoms with van der Waals surface area (Å²) in [4.78, 5) is 12.1. The molecule has 0 heterocycles. The Bertz CT molecular complexity index is 461. The predicted octanol–water partition coefficient (Wildman–Crippen LogP) is 7.88. The van der Waals surface area contributed by atoms with E-state index < -0.39 is 26.7 Å². The van der Waals surface area contributed by atoms with Crippen LogP contribution < -0.4 is 0 Å². The molecular weight excluding hydrogens is 483 g/mol. The van der Waals surface area contributed by atoms with Gasteiger partial charge in [0.05, 0.1) is 0 Å². The molecule has 0 spiro atoms. The monoisotopic (exact) mass is 534 g/mol. The molecule has 0 aliphatic rings. The molecule has 0 aromatic heterocycles. The average Bonchev–Trinajstić information content (AvgIpc) is 2.65. The summed E-state index contributed by atoms with van der Waals surface area (Å²) in [6, 6.07) is 0. The van der Waals surface area contributed by atoms with Crippen molar-refractivity contribution in [3.05, 3.63) is 10.2 Å². The van der Waals surface area contributed by atoms with E-state index in [-0.39, 0.29) is 17.1 Å². The number of methoxy groups -OCH3 is 1. The minimum atomic E-state index is -2.39. The molecule has 5 heteroatoms. The van der Waals surface area contributed by atoms with Gasteiger partial charge in [-0.05, 0) is 0 Å². The van der Waals surface area contributed by atoms with Crippen LogP contribution >= 0.6 is 0 Å². The van der Waals surface area contributed by atoms with Gasteiger partial charge in [0.2, 0.25) is 0 Å². The Morgan fingerprint density at radius 1 is 0.966 bits per heavy atom. The Labute approximate surface area is 187 Å². The van der Waals surface area contributed by atoms with E-state index in [0.29, 0.717) is 6.42 Å². The van der Waals surface area contributed by atoms with Crippen LogP contribution in [0.1, 0.15) is 86.5 Å². The van der Waals surface area contributed by atoms with Crippen LogP contribution in [0.2, 0.25) is 31.4 Å². The fourth-order valence-electron chi connectivity index (χ4n) is 3.47. The first-order valence-corrected chi connectivity index (χ1v) is 22.5. The third-order valence-electron chi connectivity index (χ3n) is 6.60. The molecule has 172 valence electrons. The Morgan fingerprint density at radius 2 is 1.41 bits per heavy atom. The van der Waals surface area contributed by atoms with Crippen molar-refractivity contribution in [2.24, 2.45) is 0 Å². The number of hydrogen-bond acceptors (Lipinski definition) is 3. The van der Waals surface area contributed by atoms with Gasteiger partial charge in [0.25, 0.3) is 0 Å². The van der Waals surface area contributed by atoms with Crippen LogP contribution in [0.25, 0.3) is 0 Å². The normalized spacial score (nSPS) is 14.4. The first kappa shape index (κ1) is 29.2. The summed E-state index contributed by atoms with van der Waals surface area (Å²) in [5.41, 5.74) is 0. The zero-order valence-electron chi connectivity index (χ0n) is 21.0. The van der Waals surface area contributed by atoms with Crippen LogP contribution in [0.3, 0.4) is 0 Å². The molecule has 0 fully saturated rings. The number of rotatable bonds is 15. The topological polar surface area (TPSA) is 35.5 Å². The molecular formula is C24H50O3SiSn. The molecule has 0 amide bonds. The fraction of sp³-hybridized carbons (Fsp3) is 0.875. The number of esters is 1. The van der Waals surface area contributed by atoms with E-state index in [1.165, 1.54) is 58.9 Å². The van der Waals surface area contributed by atoms with Crippen LogP contribution in [-0.2, 0) is 14.0 Å². The molecule has 0 saturated carbocycles. The summed E-state index contributed by atoms with van der Waals surface area (Å²) in [5, 5.41) is 0.127. The predicted molar refractivity (Wildman–Crippen MR) is 133 cm³/mol. The summed E-state index contributed by atoms with van der Waals surface area (Å²) < 4.78 is 18.6. The van der Waals surface area contributed by atoms with Gasteiger partial charge < -0.3 is 0 Å². The van der Waals surface area contributed by atoms with Crippen molar-refractivity contribution in [1.82, 2.24) is 0 Å². The Morgan fingerprint density at radius 3 is 1.76 bits per heavy atom. The summed E-state index contributed by atoms with van der Waals surface area (Å²) in [5.74, 6) is -0.171. The second-order valence-corrected chi connectivity index (χ2v) is 28.0. The number of unbranched alkanes of at least 4 members (excludes halogenated alkanes) is 3. The van der Waals surface area contributed by atoms with Gasteiger partial charge in [-0.3, -0.25) is 0 Å². The van der Waals surface area contributed by atoms with E-state index >= 15 is 0 Å². The quantitative estimate of drug-likeness (QED) is 0.159. The number of carbonyl (C=O) groups is 1. The maximum atomic E-state index is 12.1. The Hall–Kier alpha value is 0.186. The molecule has 3 nitrogen and oxygen atoms in total. The van der Waals surface area contributed by atoms with E-state index in [2.05, 4.69) is 64.8 Å². The molecule has 0 aromatic carbocycles. The molecule has 1 atom stereocenters. The summed E-state index contributed by atoms with van der Waals surface area (Å²) in [6.45, 7) is 18.2. The summed E-state index contributed by atoms with van der Waals surface area (Å²) in [6.07, 6.45) is 10.3. The molecule has 0 rings (SSSR count). The standard InChI is InChI=1S/C12H23O3Si.3C4H9.Sn/c1-8-10(9-11(13)14-5)15-16(6,7)12(2,3)4;3*1-3-4-2;/h1,8,10H,9H2,2-7H3;3*1,3-4H2,2H3;/t10-;;;;/m1..../s1. The van der Waals surface area contributed by atoms with Gasteiger partial charge in [0, 0.05) is 0 Å². The molecule has 0 radical (unpaired) electrons. The van der Waals surface area contributed by atoms with Gasteiger partial charge in [0.15, 0.2) is 0 Å². The van der Waals surface area contributed by atoms with Crippen molar-refractivity contribution in [1.29, 1.82) is 0 Å². The zero-order valence-corrected chi connectivity index (χ0v) is 24.9. The number of carbonyl (C=O) groups excluding carboxylic acids is 1. The SMILES string of the molecule is CCC[CH2][Sn](/[CH]=C/[C@H](CC(=O)OC)O[Si](C)(C)C(C)(C)C)([CH2]CCC)[CH2]CCC. The molecule has 0 aromatic rings. The number of ether oxygens (including phenoxy) is 1. The average molecular weight is 533 g/mol. The van der Waals surface area contributed by atoms with Gasteiger partial charge in [-0.2, -0.15) is 0 Å². The van der Waals surface area contributed by atoms with Crippen molar-refractivity contribution in [3.8, 4) is 0 Å². The van der Waals surface area contributed by atoms with Crippen LogP contribution in [0.5, 0.6) is 0 Å². The molecule has 0 N–H and O–H groups in total. The van der Waals surface area contributed by atoms with E-state index in [4.69, 9.17) is 9.16 Å². The van der Waals surface area contributed by atoms with Gasteiger partial charge >= 0.3 is 188 Å². The second kappa shape index (κ2) is 14.3. The molecule has 0 aliphatic carbocycles. The van der Waals surface area contributed by atoms with E-state index in [1.54, 1.807) is 0 Å². The van der Waals surface area contributed by atoms with Crippen LogP contribution in [0.4, 0.5) is 0 Å². The van der Waals surface area contributed by atoms with Crippen molar-refractivity contribution < 1.29 is 14.0 Å². The third-order valence-corrected chi connectivity index (χ3v) is 25.2. The Kier molecular flexibility index (Phi) is 14.4. The van der Waals surface area contributed by atoms with Crippen LogP contribution in [0.15, 0.2) is 10.2 Å². The van der Waals surface area contributed by atoms with Crippen molar-refractivity contribution in [3.63, 3.8) is 0 Å². The molecule has 0 unspecified atom stereocenters. The van der Waals surface area contributed by atoms with Gasteiger partial charge in [-0.15, -0.1) is 0 Å². The Balaban J connectivity index is 5.75. The zero-order chi connectivity index (χ0) is 22.6. The molecule has 0 saturated heterocycles. The third kappa shape index (κ3) is 11.4. The van der Waals surface area contributed by atoms with Crippen molar-refractivity contribution in [2.75, 3.05) is 7.11 Å². The van der Waals surface area contributed by atoms with Crippen LogP contribution in [-0.4, -0.2) is 45.9 Å². The van der Waals surface area contributed by atoms with Crippen LogP contribution in [0, 0.1) is 0 Å². The van der Waals surface area contributed by atoms with Gasteiger partial charge in [-0.25, -0.2) is 0 Å². The number of hydrogen-bond donors (Lipinski definition) is 0. The van der Waals surface area contributed by atoms with Crippen molar-refractivity contribution >= 4 is 32.7 Å². The second-order valence-electron chi connectivity index (χ2n) is 10.2. The van der Waals surface area contributed by atoms with E-state index in [9.17, 15) is 4.79 Å². The first-order valence-electron chi connectivity index (χ1n) is 11.9. The first-order chi connectivity index (χ1) is 13.5. The van der Waals surface area contributed by atoms with Crippen molar-refractivity contribution in [2.45, 2.75) is 124 Å². The van der Waals surface area contributed by atoms with Gasteiger partial charge in [-0.1, -0.05) is 0 Å². The van der Waals surface area contributed by atoms with Gasteiger partial charge in [0.1, 0.15) is 0 Å². The molecule has 0 aliphatic heterocycles. The summed E-state index contributed by atoms with van der Waals surface area (Å²) >= 11 is -2.39. The fourth-order valence-corrected chi connectivity index (χ4v) is 19.1. The summed E-state index contributed by atoms with van der Waals surface area (Å²) in [7, 11) is -0.481. The molecule has 0 bridgehead atoms. The van der Waals surface area contributed by atoms with E-state index in [1.807, 2.05) is 0 Å². The van der Waals surface area contributed by atoms with E-state index in [0.717, 1.165) is 0 Å². The minimum absolute atomic E-state index is 0.127.